The van der Waals surface area contributed by atoms with Crippen molar-refractivity contribution in [1.82, 2.24) is 4.90 Å². The van der Waals surface area contributed by atoms with E-state index in [-0.39, 0.29) is 11.7 Å². The van der Waals surface area contributed by atoms with Gasteiger partial charge in [-0.15, -0.1) is 0 Å². The number of carbonyl (C=O) groups excluding carboxylic acids is 2. The first-order chi connectivity index (χ1) is 8.58. The second kappa shape index (κ2) is 5.21. The van der Waals surface area contributed by atoms with Gasteiger partial charge in [0.25, 0.3) is 5.91 Å². The maximum Gasteiger partial charge on any atom is 0.289 e. The average molecular weight is 247 g/mol. The van der Waals surface area contributed by atoms with Crippen LogP contribution >= 0.6 is 0 Å². The van der Waals surface area contributed by atoms with Crippen LogP contribution in [0.25, 0.3) is 0 Å². The Morgan fingerprint density at radius 1 is 1.17 bits per heavy atom. The second-order valence-electron chi connectivity index (χ2n) is 4.71. The lowest BCUT2D eigenvalue weighted by molar-refractivity contribution is -0.144. The molecule has 1 amide bonds. The summed E-state index contributed by atoms with van der Waals surface area (Å²) in [6.07, 6.45) is 1.73. The smallest absolute Gasteiger partial charge is 0.289 e. The average Bonchev–Trinajstić information content (AvgIpc) is 2.39. The third-order valence-electron chi connectivity index (χ3n) is 3.45. The summed E-state index contributed by atoms with van der Waals surface area (Å²) in [5.41, 5.74) is 1.18. The number of hydrogen-bond acceptors (Lipinski definition) is 3. The summed E-state index contributed by atoms with van der Waals surface area (Å²) >= 11 is 0. The molecule has 0 atom stereocenters. The van der Waals surface area contributed by atoms with Crippen LogP contribution in [0.4, 0.5) is 0 Å². The van der Waals surface area contributed by atoms with Crippen molar-refractivity contribution < 1.29 is 14.7 Å². The van der Waals surface area contributed by atoms with Gasteiger partial charge in [0.15, 0.2) is 0 Å². The van der Waals surface area contributed by atoms with Crippen molar-refractivity contribution in [2.24, 2.45) is 0 Å². The van der Waals surface area contributed by atoms with Gasteiger partial charge in [-0.05, 0) is 36.5 Å². The van der Waals surface area contributed by atoms with E-state index in [4.69, 9.17) is 0 Å². The van der Waals surface area contributed by atoms with Gasteiger partial charge in [-0.25, -0.2) is 0 Å². The highest BCUT2D eigenvalue weighted by molar-refractivity contribution is 6.35. The van der Waals surface area contributed by atoms with Crippen molar-refractivity contribution in [1.29, 1.82) is 0 Å². The number of amides is 1. The summed E-state index contributed by atoms with van der Waals surface area (Å²) in [5, 5.41) is 9.24. The van der Waals surface area contributed by atoms with Gasteiger partial charge in [-0.1, -0.05) is 12.1 Å². The minimum atomic E-state index is -0.391. The molecular formula is C14H17NO3. The highest BCUT2D eigenvalue weighted by Crippen LogP contribution is 2.28. The molecular weight excluding hydrogens is 230 g/mol. The molecule has 0 aliphatic carbocycles. The number of aromatic hydroxyl groups is 1. The van der Waals surface area contributed by atoms with Crippen LogP contribution < -0.4 is 0 Å². The Morgan fingerprint density at radius 2 is 1.72 bits per heavy atom. The van der Waals surface area contributed by atoms with Gasteiger partial charge in [-0.2, -0.15) is 0 Å². The van der Waals surface area contributed by atoms with Crippen molar-refractivity contribution in [3.05, 3.63) is 29.8 Å². The molecule has 0 saturated carbocycles. The largest absolute Gasteiger partial charge is 0.508 e. The van der Waals surface area contributed by atoms with Crippen LogP contribution in [0.15, 0.2) is 24.3 Å². The standard InChI is InChI=1S/C14H17NO3/c1-10(16)14(18)15-8-6-12(7-9-15)11-2-4-13(17)5-3-11/h2-5,12,17H,6-9H2,1H3. The van der Waals surface area contributed by atoms with Gasteiger partial charge < -0.3 is 10.0 Å². The second-order valence-corrected chi connectivity index (χ2v) is 4.71. The molecule has 0 spiro atoms. The number of nitrogens with zero attached hydrogens (tertiary/aromatic N) is 1. The number of rotatable bonds is 2. The molecule has 1 aliphatic rings. The monoisotopic (exact) mass is 247 g/mol. The van der Waals surface area contributed by atoms with Gasteiger partial charge in [0, 0.05) is 20.0 Å². The van der Waals surface area contributed by atoms with E-state index in [0.29, 0.717) is 19.0 Å². The van der Waals surface area contributed by atoms with E-state index in [9.17, 15) is 14.7 Å². The van der Waals surface area contributed by atoms with Gasteiger partial charge >= 0.3 is 0 Å². The third-order valence-corrected chi connectivity index (χ3v) is 3.45. The zero-order valence-electron chi connectivity index (χ0n) is 10.4. The predicted molar refractivity (Wildman–Crippen MR) is 67.3 cm³/mol. The van der Waals surface area contributed by atoms with Crippen LogP contribution in [0.1, 0.15) is 31.2 Å². The molecule has 1 fully saturated rings. The Morgan fingerprint density at radius 3 is 2.22 bits per heavy atom. The first-order valence-corrected chi connectivity index (χ1v) is 6.16. The van der Waals surface area contributed by atoms with Crippen molar-refractivity contribution in [3.63, 3.8) is 0 Å². The van der Waals surface area contributed by atoms with Crippen LogP contribution in [0, 0.1) is 0 Å². The lowest BCUT2D eigenvalue weighted by Crippen LogP contribution is -2.40. The molecule has 2 rings (SSSR count). The molecule has 96 valence electrons. The van der Waals surface area contributed by atoms with Crippen molar-refractivity contribution in [2.45, 2.75) is 25.7 Å². The lowest BCUT2D eigenvalue weighted by Gasteiger charge is -2.31. The van der Waals surface area contributed by atoms with Gasteiger partial charge in [0.1, 0.15) is 5.75 Å². The number of piperidine rings is 1. The molecule has 1 N–H and O–H groups in total. The number of Topliss-reactive ketones (excluding diaryl/α,β-unsaturated/α-hetero) is 1. The SMILES string of the molecule is CC(=O)C(=O)N1CCC(c2ccc(O)cc2)CC1. The molecule has 1 aromatic rings. The zero-order valence-corrected chi connectivity index (χ0v) is 10.4. The lowest BCUT2D eigenvalue weighted by atomic mass is 9.89. The summed E-state index contributed by atoms with van der Waals surface area (Å²) in [6, 6.07) is 7.20. The molecule has 0 bridgehead atoms. The first kappa shape index (κ1) is 12.6. The Kier molecular flexibility index (Phi) is 3.65. The molecule has 0 radical (unpaired) electrons. The van der Waals surface area contributed by atoms with Gasteiger partial charge in [-0.3, -0.25) is 9.59 Å². The van der Waals surface area contributed by atoms with E-state index in [1.54, 1.807) is 17.0 Å². The number of phenols is 1. The van der Waals surface area contributed by atoms with E-state index < -0.39 is 5.78 Å². The quantitative estimate of drug-likeness (QED) is 0.809. The summed E-state index contributed by atoms with van der Waals surface area (Å²) in [5.74, 6) is -0.0956. The third kappa shape index (κ3) is 2.70. The van der Waals surface area contributed by atoms with E-state index in [1.165, 1.54) is 12.5 Å². The number of carbonyl (C=O) groups is 2. The fourth-order valence-corrected chi connectivity index (χ4v) is 2.39. The summed E-state index contributed by atoms with van der Waals surface area (Å²) in [6.45, 7) is 2.57. The molecule has 1 aliphatic heterocycles. The molecule has 4 heteroatoms. The number of ketones is 1. The minimum absolute atomic E-state index is 0.267. The molecule has 1 heterocycles. The van der Waals surface area contributed by atoms with Crippen molar-refractivity contribution in [2.75, 3.05) is 13.1 Å². The Hall–Kier alpha value is -1.84. The van der Waals surface area contributed by atoms with Gasteiger partial charge in [0.05, 0.1) is 0 Å². The molecule has 0 aromatic heterocycles. The normalized spacial score (nSPS) is 16.6. The highest BCUT2D eigenvalue weighted by Gasteiger charge is 2.25. The molecule has 0 unspecified atom stereocenters. The maximum atomic E-state index is 11.5. The first-order valence-electron chi connectivity index (χ1n) is 6.16. The number of benzene rings is 1. The van der Waals surface area contributed by atoms with Gasteiger partial charge in [0.2, 0.25) is 5.78 Å². The van der Waals surface area contributed by atoms with E-state index >= 15 is 0 Å². The highest BCUT2D eigenvalue weighted by atomic mass is 16.3. The number of likely N-dealkylation sites (tertiary alicyclic amines) is 1. The number of hydrogen-bond donors (Lipinski definition) is 1. The van der Waals surface area contributed by atoms with Crippen molar-refractivity contribution in [3.8, 4) is 5.75 Å². The van der Waals surface area contributed by atoms with E-state index in [2.05, 4.69) is 0 Å². The summed E-state index contributed by atoms with van der Waals surface area (Å²) in [7, 11) is 0. The molecule has 4 nitrogen and oxygen atoms in total. The number of phenolic OH excluding ortho intramolecular Hbond substituents is 1. The molecule has 18 heavy (non-hydrogen) atoms. The Bertz CT molecular complexity index is 445. The van der Waals surface area contributed by atoms with E-state index in [0.717, 1.165) is 12.8 Å². The Labute approximate surface area is 106 Å². The summed E-state index contributed by atoms with van der Waals surface area (Å²) in [4.78, 5) is 24.2. The van der Waals surface area contributed by atoms with E-state index in [1.807, 2.05) is 12.1 Å². The maximum absolute atomic E-state index is 11.5. The summed E-state index contributed by atoms with van der Waals surface area (Å²) < 4.78 is 0. The molecule has 1 saturated heterocycles. The van der Waals surface area contributed by atoms with Crippen LogP contribution in [-0.4, -0.2) is 34.8 Å². The van der Waals surface area contributed by atoms with Crippen LogP contribution in [0.3, 0.4) is 0 Å². The van der Waals surface area contributed by atoms with Crippen LogP contribution in [0.5, 0.6) is 5.75 Å². The fraction of sp³-hybridized carbons (Fsp3) is 0.429. The fourth-order valence-electron chi connectivity index (χ4n) is 2.39. The van der Waals surface area contributed by atoms with Crippen LogP contribution in [-0.2, 0) is 9.59 Å². The van der Waals surface area contributed by atoms with Crippen LogP contribution in [0.2, 0.25) is 0 Å². The topological polar surface area (TPSA) is 57.6 Å². The molecule has 1 aromatic carbocycles. The Balaban J connectivity index is 1.96. The zero-order chi connectivity index (χ0) is 13.1. The van der Waals surface area contributed by atoms with Crippen molar-refractivity contribution >= 4 is 11.7 Å². The minimum Gasteiger partial charge on any atom is -0.508 e. The predicted octanol–water partition coefficient (Wildman–Crippen LogP) is 1.69.